The standard InChI is InChI=1S/C21H35N11O7/c22-11(3-4-15(23)33)17(35)30-12(2-1-5-28-21(25)26)18(36)31-13(6-10-8-27-9-29-10)19(37)32-14(20(38)39)7-16(24)34/h8-9,11-14H,1-7,22H2,(H2,23,33)(H2,24,34)(H,27,29)(H,30,35)(H,31,36)(H,32,37)(H,38,39)(H4,25,26,28). The first-order valence-corrected chi connectivity index (χ1v) is 11.8. The van der Waals surface area contributed by atoms with Crippen LogP contribution in [0.2, 0.25) is 0 Å². The van der Waals surface area contributed by atoms with Crippen LogP contribution >= 0.6 is 0 Å². The van der Waals surface area contributed by atoms with E-state index in [4.69, 9.17) is 28.7 Å². The second kappa shape index (κ2) is 16.2. The zero-order valence-electron chi connectivity index (χ0n) is 21.1. The van der Waals surface area contributed by atoms with Crippen LogP contribution in [0, 0.1) is 0 Å². The largest absolute Gasteiger partial charge is 0.480 e. The first-order chi connectivity index (χ1) is 18.3. The number of hydrogen-bond donors (Lipinski definition) is 10. The fourth-order valence-corrected chi connectivity index (χ4v) is 3.25. The molecule has 1 aromatic heterocycles. The minimum Gasteiger partial charge on any atom is -0.480 e. The predicted molar refractivity (Wildman–Crippen MR) is 136 cm³/mol. The Hall–Kier alpha value is -4.74. The van der Waals surface area contributed by atoms with Gasteiger partial charge in [0.15, 0.2) is 5.96 Å². The van der Waals surface area contributed by atoms with Crippen LogP contribution < -0.4 is 44.6 Å². The van der Waals surface area contributed by atoms with E-state index in [2.05, 4.69) is 30.9 Å². The van der Waals surface area contributed by atoms with Crippen LogP contribution in [-0.2, 0) is 35.2 Å². The number of guanidine groups is 1. The summed E-state index contributed by atoms with van der Waals surface area (Å²) in [5, 5.41) is 16.4. The van der Waals surface area contributed by atoms with Gasteiger partial charge in [0.2, 0.25) is 29.5 Å². The molecule has 0 aromatic carbocycles. The lowest BCUT2D eigenvalue weighted by atomic mass is 10.1. The Bertz CT molecular complexity index is 1040. The summed E-state index contributed by atoms with van der Waals surface area (Å²) in [6, 6.07) is -5.37. The van der Waals surface area contributed by atoms with E-state index in [0.29, 0.717) is 5.69 Å². The van der Waals surface area contributed by atoms with E-state index < -0.39 is 66.1 Å². The van der Waals surface area contributed by atoms with Gasteiger partial charge in [-0.25, -0.2) is 9.78 Å². The molecule has 0 fully saturated rings. The Morgan fingerprint density at radius 3 is 2.05 bits per heavy atom. The summed E-state index contributed by atoms with van der Waals surface area (Å²) in [5.41, 5.74) is 27.0. The van der Waals surface area contributed by atoms with Crippen LogP contribution in [0.25, 0.3) is 0 Å². The van der Waals surface area contributed by atoms with Gasteiger partial charge in [-0.05, 0) is 19.3 Å². The van der Waals surface area contributed by atoms with Crippen molar-refractivity contribution < 1.29 is 33.9 Å². The first kappa shape index (κ1) is 32.3. The fourth-order valence-electron chi connectivity index (χ4n) is 3.25. The minimum absolute atomic E-state index is 0.0225. The number of nitrogens with two attached hydrogens (primary N) is 5. The van der Waals surface area contributed by atoms with Crippen molar-refractivity contribution in [1.29, 1.82) is 0 Å². The topological polar surface area (TPSA) is 330 Å². The molecule has 0 bridgehead atoms. The molecule has 0 aliphatic carbocycles. The maximum Gasteiger partial charge on any atom is 0.326 e. The number of carbonyl (C=O) groups excluding carboxylic acids is 5. The second-order valence-electron chi connectivity index (χ2n) is 8.53. The summed E-state index contributed by atoms with van der Waals surface area (Å²) in [6.45, 7) is 0.126. The summed E-state index contributed by atoms with van der Waals surface area (Å²) in [7, 11) is 0. The number of aromatic nitrogens is 2. The van der Waals surface area contributed by atoms with E-state index >= 15 is 0 Å². The molecule has 1 heterocycles. The van der Waals surface area contributed by atoms with Gasteiger partial charge in [-0.2, -0.15) is 0 Å². The minimum atomic E-state index is -1.64. The molecule has 1 rings (SSSR count). The Balaban J connectivity index is 3.10. The second-order valence-corrected chi connectivity index (χ2v) is 8.53. The highest BCUT2D eigenvalue weighted by molar-refractivity contribution is 5.95. The van der Waals surface area contributed by atoms with E-state index in [1.807, 2.05) is 0 Å². The third kappa shape index (κ3) is 12.9. The molecule has 15 N–H and O–H groups in total. The highest BCUT2D eigenvalue weighted by Crippen LogP contribution is 2.06. The van der Waals surface area contributed by atoms with E-state index in [1.165, 1.54) is 12.5 Å². The summed E-state index contributed by atoms with van der Waals surface area (Å²) in [6.07, 6.45) is 1.93. The molecule has 4 atom stereocenters. The summed E-state index contributed by atoms with van der Waals surface area (Å²) in [4.78, 5) is 82.9. The smallest absolute Gasteiger partial charge is 0.326 e. The number of aliphatic carboxylic acids is 1. The average Bonchev–Trinajstić information content (AvgIpc) is 3.35. The SMILES string of the molecule is NC(=O)CCC(N)C(=O)NC(CCCN=C(N)N)C(=O)NC(Cc1cnc[nH]1)C(=O)NC(CC(N)=O)C(=O)O. The molecule has 39 heavy (non-hydrogen) atoms. The molecule has 18 heteroatoms. The molecule has 0 aliphatic heterocycles. The highest BCUT2D eigenvalue weighted by Gasteiger charge is 2.31. The van der Waals surface area contributed by atoms with E-state index in [-0.39, 0.29) is 44.6 Å². The number of carboxylic acids is 1. The van der Waals surface area contributed by atoms with Crippen LogP contribution in [0.15, 0.2) is 17.5 Å². The average molecular weight is 554 g/mol. The molecule has 0 saturated heterocycles. The van der Waals surface area contributed by atoms with E-state index in [9.17, 15) is 33.9 Å². The lowest BCUT2D eigenvalue weighted by molar-refractivity contribution is -0.143. The molecule has 0 radical (unpaired) electrons. The van der Waals surface area contributed by atoms with Crippen molar-refractivity contribution in [1.82, 2.24) is 25.9 Å². The van der Waals surface area contributed by atoms with E-state index in [1.54, 1.807) is 0 Å². The highest BCUT2D eigenvalue weighted by atomic mass is 16.4. The predicted octanol–water partition coefficient (Wildman–Crippen LogP) is -4.99. The fraction of sp³-hybridized carbons (Fsp3) is 0.524. The Labute approximate surface area is 222 Å². The van der Waals surface area contributed by atoms with Gasteiger partial charge in [-0.15, -0.1) is 0 Å². The van der Waals surface area contributed by atoms with Gasteiger partial charge in [-0.1, -0.05) is 0 Å². The number of H-pyrrole nitrogens is 1. The zero-order chi connectivity index (χ0) is 29.5. The number of rotatable bonds is 18. The maximum atomic E-state index is 13.2. The van der Waals surface area contributed by atoms with Gasteiger partial charge < -0.3 is 54.7 Å². The quantitative estimate of drug-likeness (QED) is 0.0466. The molecule has 1 aromatic rings. The molecule has 0 saturated carbocycles. The number of imidazole rings is 1. The maximum absolute atomic E-state index is 13.2. The Kier molecular flexibility index (Phi) is 13.4. The van der Waals surface area contributed by atoms with Crippen molar-refractivity contribution in [2.24, 2.45) is 33.7 Å². The van der Waals surface area contributed by atoms with Crippen molar-refractivity contribution >= 4 is 41.5 Å². The molecule has 18 nitrogen and oxygen atoms in total. The van der Waals surface area contributed by atoms with Crippen LogP contribution in [0.5, 0.6) is 0 Å². The van der Waals surface area contributed by atoms with Crippen molar-refractivity contribution in [2.45, 2.75) is 62.7 Å². The number of aromatic amines is 1. The molecule has 4 unspecified atom stereocenters. The molecular formula is C21H35N11O7. The van der Waals surface area contributed by atoms with Crippen molar-refractivity contribution in [3.8, 4) is 0 Å². The summed E-state index contributed by atoms with van der Waals surface area (Å²) < 4.78 is 0. The normalized spacial score (nSPS) is 13.7. The van der Waals surface area contributed by atoms with E-state index in [0.717, 1.165) is 0 Å². The van der Waals surface area contributed by atoms with Gasteiger partial charge in [0.25, 0.3) is 0 Å². The molecule has 5 amide bonds. The number of hydrogen-bond acceptors (Lipinski definition) is 9. The lowest BCUT2D eigenvalue weighted by Gasteiger charge is -2.25. The van der Waals surface area contributed by atoms with Crippen molar-refractivity contribution in [3.63, 3.8) is 0 Å². The van der Waals surface area contributed by atoms with Crippen molar-refractivity contribution in [3.05, 3.63) is 18.2 Å². The third-order valence-electron chi connectivity index (χ3n) is 5.25. The molecular weight excluding hydrogens is 518 g/mol. The number of amides is 5. The van der Waals surface area contributed by atoms with Gasteiger partial charge in [0, 0.05) is 31.3 Å². The summed E-state index contributed by atoms with van der Waals surface area (Å²) in [5.74, 6) is -5.80. The number of aliphatic imine (C=N–C) groups is 1. The monoisotopic (exact) mass is 553 g/mol. The van der Waals surface area contributed by atoms with Crippen molar-refractivity contribution in [2.75, 3.05) is 6.54 Å². The first-order valence-electron chi connectivity index (χ1n) is 11.8. The molecule has 216 valence electrons. The number of primary amides is 2. The molecule has 0 aliphatic rings. The molecule has 0 spiro atoms. The van der Waals surface area contributed by atoms with Gasteiger partial charge in [0.05, 0.1) is 18.8 Å². The Morgan fingerprint density at radius 2 is 1.51 bits per heavy atom. The summed E-state index contributed by atoms with van der Waals surface area (Å²) >= 11 is 0. The zero-order valence-corrected chi connectivity index (χ0v) is 21.1. The number of nitrogens with zero attached hydrogens (tertiary/aromatic N) is 2. The van der Waals surface area contributed by atoms with Crippen LogP contribution in [0.3, 0.4) is 0 Å². The number of nitrogens with one attached hydrogen (secondary N) is 4. The van der Waals surface area contributed by atoms with Crippen LogP contribution in [0.4, 0.5) is 0 Å². The number of carboxylic acid groups (broad SMARTS) is 1. The third-order valence-corrected chi connectivity index (χ3v) is 5.25. The lowest BCUT2D eigenvalue weighted by Crippen LogP contribution is -2.58. The van der Waals surface area contributed by atoms with Crippen LogP contribution in [-0.4, -0.2) is 87.3 Å². The number of carbonyl (C=O) groups is 6. The van der Waals surface area contributed by atoms with Crippen LogP contribution in [0.1, 0.15) is 37.8 Å². The van der Waals surface area contributed by atoms with Gasteiger partial charge >= 0.3 is 5.97 Å². The Morgan fingerprint density at radius 1 is 0.897 bits per heavy atom. The van der Waals surface area contributed by atoms with Gasteiger partial charge in [0.1, 0.15) is 18.1 Å². The van der Waals surface area contributed by atoms with Gasteiger partial charge in [-0.3, -0.25) is 29.0 Å².